The molecule has 0 aliphatic carbocycles. The summed E-state index contributed by atoms with van der Waals surface area (Å²) >= 11 is 1.40. The Hall–Kier alpha value is -3.26. The first-order valence-corrected chi connectivity index (χ1v) is 8.99. The Bertz CT molecular complexity index is 1030. The molecule has 1 aromatic heterocycles. The van der Waals surface area contributed by atoms with E-state index in [-0.39, 0.29) is 0 Å². The van der Waals surface area contributed by atoms with E-state index in [0.717, 1.165) is 21.3 Å². The molecule has 0 fully saturated rings. The number of carbonyl (C=O) groups is 3. The molecule has 0 aliphatic rings. The van der Waals surface area contributed by atoms with Crippen molar-refractivity contribution in [2.24, 2.45) is 0 Å². The Morgan fingerprint density at radius 2 is 1.93 bits per heavy atom. The van der Waals surface area contributed by atoms with Crippen molar-refractivity contribution in [1.82, 2.24) is 10.3 Å². The molecule has 27 heavy (non-hydrogen) atoms. The smallest absolute Gasteiger partial charge is 0.338 e. The second kappa shape index (κ2) is 7.96. The van der Waals surface area contributed by atoms with Gasteiger partial charge in [0.15, 0.2) is 6.61 Å². The number of imide groups is 1. The van der Waals surface area contributed by atoms with Crippen LogP contribution in [0.1, 0.15) is 21.5 Å². The van der Waals surface area contributed by atoms with Gasteiger partial charge < -0.3 is 10.1 Å². The lowest BCUT2D eigenvalue weighted by atomic mass is 10.1. The van der Waals surface area contributed by atoms with Crippen LogP contribution in [0.15, 0.2) is 41.9 Å². The highest BCUT2D eigenvalue weighted by molar-refractivity contribution is 7.16. The molecule has 7 nitrogen and oxygen atoms in total. The van der Waals surface area contributed by atoms with Crippen LogP contribution in [-0.4, -0.2) is 29.5 Å². The minimum atomic E-state index is -0.718. The van der Waals surface area contributed by atoms with Crippen molar-refractivity contribution in [3.8, 4) is 0 Å². The molecule has 2 N–H and O–H groups in total. The summed E-state index contributed by atoms with van der Waals surface area (Å²) in [4.78, 5) is 39.9. The van der Waals surface area contributed by atoms with E-state index in [1.54, 1.807) is 29.8 Å². The minimum absolute atomic E-state index is 0.319. The first kappa shape index (κ1) is 18.5. The van der Waals surface area contributed by atoms with Gasteiger partial charge in [-0.2, -0.15) is 0 Å². The number of nitrogens with one attached hydrogen (secondary N) is 2. The summed E-state index contributed by atoms with van der Waals surface area (Å²) in [5.41, 5.74) is 5.33. The predicted octanol–water partition coefficient (Wildman–Crippen LogP) is 3.42. The number of aryl methyl sites for hydroxylation is 2. The maximum Gasteiger partial charge on any atom is 0.338 e. The SMILES string of the molecule is Cc1ccc(NC(=O)NC(=O)COC(=O)c2ccc3ncsc3c2)c(C)c1. The van der Waals surface area contributed by atoms with Gasteiger partial charge in [0.05, 0.1) is 21.3 Å². The molecule has 0 spiro atoms. The van der Waals surface area contributed by atoms with E-state index >= 15 is 0 Å². The molecule has 0 radical (unpaired) electrons. The van der Waals surface area contributed by atoms with Crippen LogP contribution in [0, 0.1) is 13.8 Å². The van der Waals surface area contributed by atoms with Gasteiger partial charge in [0.2, 0.25) is 0 Å². The van der Waals surface area contributed by atoms with Gasteiger partial charge in [-0.15, -0.1) is 11.3 Å². The highest BCUT2D eigenvalue weighted by Crippen LogP contribution is 2.19. The van der Waals surface area contributed by atoms with E-state index in [4.69, 9.17) is 4.74 Å². The summed E-state index contributed by atoms with van der Waals surface area (Å²) in [5, 5.41) is 4.72. The zero-order valence-electron chi connectivity index (χ0n) is 14.7. The second-order valence-electron chi connectivity index (χ2n) is 5.93. The largest absolute Gasteiger partial charge is 0.452 e. The van der Waals surface area contributed by atoms with Gasteiger partial charge in [0, 0.05) is 5.69 Å². The van der Waals surface area contributed by atoms with E-state index in [0.29, 0.717) is 11.3 Å². The molecule has 0 atom stereocenters. The number of rotatable bonds is 4. The maximum absolute atomic E-state index is 12.0. The van der Waals surface area contributed by atoms with Crippen LogP contribution in [0.25, 0.3) is 10.2 Å². The van der Waals surface area contributed by atoms with Crippen LogP contribution < -0.4 is 10.6 Å². The van der Waals surface area contributed by atoms with Crippen molar-refractivity contribution in [2.45, 2.75) is 13.8 Å². The summed E-state index contributed by atoms with van der Waals surface area (Å²) in [5.74, 6) is -1.36. The fourth-order valence-corrected chi connectivity index (χ4v) is 3.18. The van der Waals surface area contributed by atoms with Crippen LogP contribution >= 0.6 is 11.3 Å². The van der Waals surface area contributed by atoms with Crippen molar-refractivity contribution in [2.75, 3.05) is 11.9 Å². The standard InChI is InChI=1S/C19H17N3O4S/c1-11-3-5-14(12(2)7-11)21-19(25)22-17(23)9-26-18(24)13-4-6-15-16(8-13)27-10-20-15/h3-8,10H,9H2,1-2H3,(H2,21,22,23,25). The molecule has 3 aromatic rings. The minimum Gasteiger partial charge on any atom is -0.452 e. The molecule has 2 aromatic carbocycles. The van der Waals surface area contributed by atoms with E-state index in [2.05, 4.69) is 15.6 Å². The molecular formula is C19H17N3O4S. The molecule has 138 valence electrons. The molecule has 0 saturated heterocycles. The third-order valence-electron chi connectivity index (χ3n) is 3.78. The number of carbonyl (C=O) groups excluding carboxylic acids is 3. The van der Waals surface area contributed by atoms with Gasteiger partial charge in [-0.3, -0.25) is 10.1 Å². The fourth-order valence-electron chi connectivity index (χ4n) is 2.47. The topological polar surface area (TPSA) is 97.4 Å². The summed E-state index contributed by atoms with van der Waals surface area (Å²) in [6.07, 6.45) is 0. The first-order chi connectivity index (χ1) is 12.9. The Balaban J connectivity index is 1.51. The molecule has 0 bridgehead atoms. The van der Waals surface area contributed by atoms with Gasteiger partial charge in [0.25, 0.3) is 5.91 Å². The van der Waals surface area contributed by atoms with Crippen LogP contribution in [-0.2, 0) is 9.53 Å². The third-order valence-corrected chi connectivity index (χ3v) is 4.58. The van der Waals surface area contributed by atoms with E-state index in [1.165, 1.54) is 11.3 Å². The number of ether oxygens (including phenoxy) is 1. The van der Waals surface area contributed by atoms with E-state index < -0.39 is 24.5 Å². The number of amides is 3. The summed E-state index contributed by atoms with van der Waals surface area (Å²) in [7, 11) is 0. The number of hydrogen-bond acceptors (Lipinski definition) is 6. The zero-order valence-corrected chi connectivity index (χ0v) is 15.6. The average Bonchev–Trinajstić information content (AvgIpc) is 3.09. The number of aromatic nitrogens is 1. The van der Waals surface area contributed by atoms with Gasteiger partial charge in [-0.25, -0.2) is 14.6 Å². The van der Waals surface area contributed by atoms with Gasteiger partial charge in [0.1, 0.15) is 0 Å². The van der Waals surface area contributed by atoms with Crippen molar-refractivity contribution in [3.05, 3.63) is 58.6 Å². The Morgan fingerprint density at radius 3 is 2.70 bits per heavy atom. The Labute approximate surface area is 159 Å². The number of benzene rings is 2. The molecule has 1 heterocycles. The quantitative estimate of drug-likeness (QED) is 0.673. The predicted molar refractivity (Wildman–Crippen MR) is 103 cm³/mol. The lowest BCUT2D eigenvalue weighted by Gasteiger charge is -2.10. The molecule has 0 aliphatic heterocycles. The molecule has 8 heteroatoms. The molecule has 3 amide bonds. The summed E-state index contributed by atoms with van der Waals surface area (Å²) < 4.78 is 5.81. The van der Waals surface area contributed by atoms with Crippen molar-refractivity contribution in [3.63, 3.8) is 0 Å². The second-order valence-corrected chi connectivity index (χ2v) is 6.82. The van der Waals surface area contributed by atoms with Gasteiger partial charge in [-0.1, -0.05) is 17.7 Å². The summed E-state index contributed by atoms with van der Waals surface area (Å²) in [6.45, 7) is 3.24. The Morgan fingerprint density at radius 1 is 1.11 bits per heavy atom. The third kappa shape index (κ3) is 4.68. The molecular weight excluding hydrogens is 366 g/mol. The zero-order chi connectivity index (χ0) is 19.4. The normalized spacial score (nSPS) is 10.4. The Kier molecular flexibility index (Phi) is 5.46. The van der Waals surface area contributed by atoms with Crippen LogP contribution in [0.4, 0.5) is 10.5 Å². The monoisotopic (exact) mass is 383 g/mol. The summed E-state index contributed by atoms with van der Waals surface area (Å²) in [6, 6.07) is 9.78. The lowest BCUT2D eigenvalue weighted by molar-refractivity contribution is -0.123. The molecule has 3 rings (SSSR count). The van der Waals surface area contributed by atoms with Crippen LogP contribution in [0.2, 0.25) is 0 Å². The molecule has 0 saturated carbocycles. The van der Waals surface area contributed by atoms with E-state index in [9.17, 15) is 14.4 Å². The average molecular weight is 383 g/mol. The number of fused-ring (bicyclic) bond motifs is 1. The number of thiazole rings is 1. The van der Waals surface area contributed by atoms with Crippen LogP contribution in [0.5, 0.6) is 0 Å². The lowest BCUT2D eigenvalue weighted by Crippen LogP contribution is -2.37. The highest BCUT2D eigenvalue weighted by atomic mass is 32.1. The van der Waals surface area contributed by atoms with Crippen LogP contribution in [0.3, 0.4) is 0 Å². The van der Waals surface area contributed by atoms with Crippen molar-refractivity contribution >= 4 is 45.1 Å². The number of anilines is 1. The fraction of sp³-hybridized carbons (Fsp3) is 0.158. The molecule has 0 unspecified atom stereocenters. The maximum atomic E-state index is 12.0. The number of urea groups is 1. The van der Waals surface area contributed by atoms with E-state index in [1.807, 2.05) is 26.0 Å². The number of esters is 1. The number of nitrogens with zero attached hydrogens (tertiary/aromatic N) is 1. The van der Waals surface area contributed by atoms with Gasteiger partial charge in [-0.05, 0) is 43.7 Å². The van der Waals surface area contributed by atoms with Gasteiger partial charge >= 0.3 is 12.0 Å². The van der Waals surface area contributed by atoms with Crippen molar-refractivity contribution < 1.29 is 19.1 Å². The van der Waals surface area contributed by atoms with Crippen molar-refractivity contribution in [1.29, 1.82) is 0 Å². The number of hydrogen-bond donors (Lipinski definition) is 2. The highest BCUT2D eigenvalue weighted by Gasteiger charge is 2.14. The first-order valence-electron chi connectivity index (χ1n) is 8.11.